The van der Waals surface area contributed by atoms with Gasteiger partial charge in [-0.15, -0.1) is 24.8 Å². The van der Waals surface area contributed by atoms with Crippen LogP contribution in [0.25, 0.3) is 0 Å². The van der Waals surface area contributed by atoms with Crippen LogP contribution in [0.15, 0.2) is 24.3 Å². The molecule has 0 aliphatic heterocycles. The molecule has 0 amide bonds. The predicted molar refractivity (Wildman–Crippen MR) is 51.3 cm³/mol. The van der Waals surface area contributed by atoms with Gasteiger partial charge in [-0.25, -0.2) is 0 Å². The Labute approximate surface area is 114 Å². The molecule has 0 heterocycles. The van der Waals surface area contributed by atoms with Gasteiger partial charge in [0.05, 0.1) is 0 Å². The first kappa shape index (κ1) is 17.7. The molecular formula is C8H8Cl2F3OZr. The summed E-state index contributed by atoms with van der Waals surface area (Å²) >= 11 is 0.871. The van der Waals surface area contributed by atoms with Crippen molar-refractivity contribution in [3.05, 3.63) is 29.8 Å². The van der Waals surface area contributed by atoms with Gasteiger partial charge in [0.15, 0.2) is 0 Å². The van der Waals surface area contributed by atoms with Crippen molar-refractivity contribution in [1.29, 1.82) is 0 Å². The fourth-order valence-electron chi connectivity index (χ4n) is 0.907. The Morgan fingerprint density at radius 2 is 1.53 bits per heavy atom. The van der Waals surface area contributed by atoms with Crippen LogP contribution >= 0.6 is 24.8 Å². The number of hydrogen-bond acceptors (Lipinski definition) is 1. The van der Waals surface area contributed by atoms with Gasteiger partial charge < -0.3 is 0 Å². The minimum absolute atomic E-state index is 0. The Kier molecular flexibility index (Phi) is 8.87. The zero-order chi connectivity index (χ0) is 9.90. The first-order valence-electron chi connectivity index (χ1n) is 3.50. The van der Waals surface area contributed by atoms with Crippen molar-refractivity contribution in [1.82, 2.24) is 0 Å². The molecule has 0 atom stereocenters. The standard InChI is InChI=1S/C8H7F3O.2ClH.Zr/c9-8(10,11)5-6-1-3-7(12)4-2-6;;;/h1-4,12H,5H2;2*1H;/q;;;+1/p-1. The van der Waals surface area contributed by atoms with E-state index in [0.29, 0.717) is 5.75 Å². The van der Waals surface area contributed by atoms with Crippen molar-refractivity contribution >= 4 is 24.8 Å². The van der Waals surface area contributed by atoms with Crippen LogP contribution in [-0.2, 0) is 31.6 Å². The fourth-order valence-corrected chi connectivity index (χ4v) is 1.24. The van der Waals surface area contributed by atoms with Crippen LogP contribution in [0.3, 0.4) is 0 Å². The van der Waals surface area contributed by atoms with E-state index in [2.05, 4.69) is 0 Å². The Bertz CT molecular complexity index is 276. The van der Waals surface area contributed by atoms with Crippen LogP contribution in [0.1, 0.15) is 5.56 Å². The van der Waals surface area contributed by atoms with E-state index < -0.39 is 12.6 Å². The summed E-state index contributed by atoms with van der Waals surface area (Å²) in [6.07, 6.45) is -5.02. The third-order valence-electron chi connectivity index (χ3n) is 1.45. The molecule has 0 unspecified atom stereocenters. The summed E-state index contributed by atoms with van der Waals surface area (Å²) in [5.41, 5.74) is 0.254. The van der Waals surface area contributed by atoms with E-state index in [1.807, 2.05) is 0 Å². The first-order valence-corrected chi connectivity index (χ1v) is 4.51. The number of halogens is 5. The molecule has 1 rings (SSSR count). The van der Waals surface area contributed by atoms with Crippen molar-refractivity contribution in [2.75, 3.05) is 0 Å². The number of hydrogen-bond donors (Lipinski definition) is 0. The van der Waals surface area contributed by atoms with Gasteiger partial charge in [-0.3, -0.25) is 0 Å². The molecule has 0 saturated heterocycles. The van der Waals surface area contributed by atoms with E-state index in [1.54, 1.807) is 0 Å². The van der Waals surface area contributed by atoms with Crippen molar-refractivity contribution in [3.8, 4) is 5.75 Å². The summed E-state index contributed by atoms with van der Waals surface area (Å²) in [6.45, 7) is 0. The van der Waals surface area contributed by atoms with Crippen LogP contribution < -0.4 is 2.81 Å². The van der Waals surface area contributed by atoms with Gasteiger partial charge in [-0.2, -0.15) is 0 Å². The van der Waals surface area contributed by atoms with E-state index in [1.165, 1.54) is 24.3 Å². The third-order valence-corrected chi connectivity index (χ3v) is 2.03. The molecule has 0 spiro atoms. The van der Waals surface area contributed by atoms with Gasteiger partial charge in [-0.1, -0.05) is 0 Å². The normalized spacial score (nSPS) is 9.73. The predicted octanol–water partition coefficient (Wildman–Crippen LogP) is 3.48. The maximum atomic E-state index is 11.9. The van der Waals surface area contributed by atoms with Gasteiger partial charge in [0.1, 0.15) is 0 Å². The van der Waals surface area contributed by atoms with Gasteiger partial charge in [0, 0.05) is 0 Å². The van der Waals surface area contributed by atoms with Gasteiger partial charge >= 0.3 is 89.3 Å². The topological polar surface area (TPSA) is 9.23 Å². The molecule has 0 N–H and O–H groups in total. The van der Waals surface area contributed by atoms with Crippen molar-refractivity contribution in [2.45, 2.75) is 12.6 Å². The number of alkyl halides is 3. The van der Waals surface area contributed by atoms with Crippen LogP contribution in [0.2, 0.25) is 0 Å². The molecule has 0 aliphatic rings. The van der Waals surface area contributed by atoms with Crippen LogP contribution in [-0.4, -0.2) is 6.18 Å². The molecule has 0 bridgehead atoms. The molecule has 0 radical (unpaired) electrons. The van der Waals surface area contributed by atoms with E-state index >= 15 is 0 Å². The average Bonchev–Trinajstić information content (AvgIpc) is 2.03. The summed E-state index contributed by atoms with van der Waals surface area (Å²) in [4.78, 5) is 0. The van der Waals surface area contributed by atoms with E-state index in [4.69, 9.17) is 2.81 Å². The second kappa shape index (κ2) is 7.53. The summed E-state index contributed by atoms with van der Waals surface area (Å²) in [6, 6.07) is 5.92. The Hall–Kier alpha value is 0.273. The maximum absolute atomic E-state index is 11.9. The van der Waals surface area contributed by atoms with Gasteiger partial charge in [-0.05, 0) is 0 Å². The molecule has 0 fully saturated rings. The SMILES string of the molecule is Cl.Cl.FC(F)(F)Cc1ccc([O][Zr])cc1. The molecule has 0 saturated carbocycles. The summed E-state index contributed by atoms with van der Waals surface area (Å²) < 4.78 is 40.6. The zero-order valence-corrected chi connectivity index (χ0v) is 11.5. The second-order valence-electron chi connectivity index (χ2n) is 2.54. The first-order chi connectivity index (χ1) is 6.01. The van der Waals surface area contributed by atoms with E-state index in [9.17, 15) is 13.2 Å². The molecule has 7 heteroatoms. The summed E-state index contributed by atoms with van der Waals surface area (Å²) in [5.74, 6) is 0.601. The van der Waals surface area contributed by atoms with Crippen LogP contribution in [0.4, 0.5) is 13.2 Å². The molecular weight excluding hydrogens is 331 g/mol. The average molecular weight is 339 g/mol. The van der Waals surface area contributed by atoms with Gasteiger partial charge in [0.25, 0.3) is 0 Å². The molecule has 0 aromatic heterocycles. The third kappa shape index (κ3) is 7.21. The molecule has 0 aliphatic carbocycles. The zero-order valence-electron chi connectivity index (χ0n) is 7.38. The molecule has 85 valence electrons. The fraction of sp³-hybridized carbons (Fsp3) is 0.250. The number of rotatable bonds is 2. The summed E-state index contributed by atoms with van der Waals surface area (Å²) in [7, 11) is 0. The quantitative estimate of drug-likeness (QED) is 0.802. The Morgan fingerprint density at radius 3 is 1.87 bits per heavy atom. The Balaban J connectivity index is 0. The van der Waals surface area contributed by atoms with Crippen LogP contribution in [0, 0.1) is 0 Å². The molecule has 15 heavy (non-hydrogen) atoms. The van der Waals surface area contributed by atoms with Crippen molar-refractivity contribution in [2.24, 2.45) is 0 Å². The monoisotopic (exact) mass is 337 g/mol. The molecule has 1 nitrogen and oxygen atoms in total. The second-order valence-corrected chi connectivity index (χ2v) is 3.04. The van der Waals surface area contributed by atoms with Gasteiger partial charge in [0.2, 0.25) is 0 Å². The number of benzene rings is 1. The summed E-state index contributed by atoms with van der Waals surface area (Å²) in [5, 5.41) is 0. The van der Waals surface area contributed by atoms with E-state index in [-0.39, 0.29) is 30.4 Å². The Morgan fingerprint density at radius 1 is 1.07 bits per heavy atom. The van der Waals surface area contributed by atoms with Crippen molar-refractivity contribution in [3.63, 3.8) is 0 Å². The van der Waals surface area contributed by atoms with Crippen LogP contribution in [0.5, 0.6) is 5.75 Å². The molecule has 1 aromatic carbocycles. The minimum atomic E-state index is -4.14. The van der Waals surface area contributed by atoms with Crippen molar-refractivity contribution < 1.29 is 41.1 Å². The van der Waals surface area contributed by atoms with E-state index in [0.717, 1.165) is 25.2 Å². The molecule has 1 aromatic rings.